The average molecular weight is 486 g/mol. The molecule has 2 amide bonds. The first-order valence-electron chi connectivity index (χ1n) is 12.3. The molecule has 1 saturated heterocycles. The summed E-state index contributed by atoms with van der Waals surface area (Å²) in [7, 11) is 1.71. The number of ether oxygens (including phenoxy) is 1. The number of nitrogens with one attached hydrogen (secondary N) is 3. The van der Waals surface area contributed by atoms with Crippen LogP contribution < -0.4 is 25.6 Å². The van der Waals surface area contributed by atoms with Crippen LogP contribution in [0.1, 0.15) is 27.1 Å². The van der Waals surface area contributed by atoms with Crippen molar-refractivity contribution in [2.45, 2.75) is 6.42 Å². The second kappa shape index (κ2) is 10.7. The van der Waals surface area contributed by atoms with E-state index >= 15 is 0 Å². The van der Waals surface area contributed by atoms with Gasteiger partial charge in [0.05, 0.1) is 35.4 Å². The van der Waals surface area contributed by atoms with Crippen molar-refractivity contribution >= 4 is 34.6 Å². The number of para-hydroxylation sites is 3. The Morgan fingerprint density at radius 2 is 1.69 bits per heavy atom. The van der Waals surface area contributed by atoms with E-state index in [1.165, 1.54) is 0 Å². The second-order valence-electron chi connectivity index (χ2n) is 9.00. The number of amides is 2. The van der Waals surface area contributed by atoms with Gasteiger partial charge in [0.2, 0.25) is 0 Å². The zero-order chi connectivity index (χ0) is 24.9. The SMILES string of the molecule is COc1ccccc1N1CCN(CCCNC(=O)c2ccc3c(c2)NC(=O)c2ccccc2N3)CC1. The van der Waals surface area contributed by atoms with Gasteiger partial charge in [-0.1, -0.05) is 24.3 Å². The van der Waals surface area contributed by atoms with Gasteiger partial charge in [-0.15, -0.1) is 0 Å². The molecule has 3 N–H and O–H groups in total. The highest BCUT2D eigenvalue weighted by Gasteiger charge is 2.21. The maximum absolute atomic E-state index is 12.8. The molecular weight excluding hydrogens is 454 g/mol. The molecule has 0 aliphatic carbocycles. The summed E-state index contributed by atoms with van der Waals surface area (Å²) < 4.78 is 5.50. The number of carbonyl (C=O) groups is 2. The van der Waals surface area contributed by atoms with Crippen molar-refractivity contribution in [3.63, 3.8) is 0 Å². The lowest BCUT2D eigenvalue weighted by Crippen LogP contribution is -2.47. The molecule has 2 heterocycles. The van der Waals surface area contributed by atoms with Gasteiger partial charge in [0.25, 0.3) is 11.8 Å². The van der Waals surface area contributed by atoms with Crippen LogP contribution in [0.3, 0.4) is 0 Å². The van der Waals surface area contributed by atoms with Gasteiger partial charge >= 0.3 is 0 Å². The first-order chi connectivity index (χ1) is 17.6. The summed E-state index contributed by atoms with van der Waals surface area (Å²) in [4.78, 5) is 30.1. The predicted octanol–water partition coefficient (Wildman–Crippen LogP) is 3.95. The lowest BCUT2D eigenvalue weighted by Gasteiger charge is -2.36. The third-order valence-electron chi connectivity index (χ3n) is 6.71. The van der Waals surface area contributed by atoms with E-state index in [0.29, 0.717) is 23.4 Å². The molecule has 3 aromatic carbocycles. The van der Waals surface area contributed by atoms with Gasteiger partial charge < -0.3 is 25.6 Å². The number of rotatable bonds is 7. The van der Waals surface area contributed by atoms with Crippen molar-refractivity contribution < 1.29 is 14.3 Å². The molecule has 2 aliphatic heterocycles. The zero-order valence-corrected chi connectivity index (χ0v) is 20.4. The number of methoxy groups -OCH3 is 1. The minimum absolute atomic E-state index is 0.144. The number of nitrogens with zero attached hydrogens (tertiary/aromatic N) is 2. The Kier molecular flexibility index (Phi) is 7.04. The smallest absolute Gasteiger partial charge is 0.257 e. The molecule has 186 valence electrons. The normalized spacial score (nSPS) is 15.1. The minimum Gasteiger partial charge on any atom is -0.495 e. The van der Waals surface area contributed by atoms with Crippen LogP contribution in [0.15, 0.2) is 66.7 Å². The number of anilines is 4. The fraction of sp³-hybridized carbons (Fsp3) is 0.286. The van der Waals surface area contributed by atoms with E-state index in [1.54, 1.807) is 25.3 Å². The highest BCUT2D eigenvalue weighted by Crippen LogP contribution is 2.32. The molecule has 2 aliphatic rings. The average Bonchev–Trinajstić information content (AvgIpc) is 3.06. The van der Waals surface area contributed by atoms with Crippen molar-refractivity contribution in [1.29, 1.82) is 0 Å². The van der Waals surface area contributed by atoms with Crippen LogP contribution in [0.4, 0.5) is 22.7 Å². The summed E-state index contributed by atoms with van der Waals surface area (Å²) in [5.74, 6) is 0.571. The van der Waals surface area contributed by atoms with Crippen molar-refractivity contribution in [3.8, 4) is 5.75 Å². The molecule has 8 nitrogen and oxygen atoms in total. The third kappa shape index (κ3) is 5.13. The van der Waals surface area contributed by atoms with E-state index in [2.05, 4.69) is 31.8 Å². The van der Waals surface area contributed by atoms with E-state index in [1.807, 2.05) is 42.5 Å². The van der Waals surface area contributed by atoms with Gasteiger partial charge in [-0.3, -0.25) is 14.5 Å². The molecule has 36 heavy (non-hydrogen) atoms. The van der Waals surface area contributed by atoms with Crippen LogP contribution in [0, 0.1) is 0 Å². The van der Waals surface area contributed by atoms with Gasteiger partial charge in [-0.05, 0) is 55.4 Å². The fourth-order valence-corrected chi connectivity index (χ4v) is 4.73. The van der Waals surface area contributed by atoms with Crippen LogP contribution >= 0.6 is 0 Å². The second-order valence-corrected chi connectivity index (χ2v) is 9.00. The maximum Gasteiger partial charge on any atom is 0.257 e. The van der Waals surface area contributed by atoms with Crippen molar-refractivity contribution in [2.24, 2.45) is 0 Å². The first kappa shape index (κ1) is 23.7. The van der Waals surface area contributed by atoms with Crippen LogP contribution in [0.25, 0.3) is 0 Å². The molecule has 0 aromatic heterocycles. The summed E-state index contributed by atoms with van der Waals surface area (Å²) in [6.45, 7) is 5.38. The predicted molar refractivity (Wildman–Crippen MR) is 143 cm³/mol. The van der Waals surface area contributed by atoms with Crippen LogP contribution in [-0.2, 0) is 0 Å². The van der Waals surface area contributed by atoms with Gasteiger partial charge in [-0.25, -0.2) is 0 Å². The van der Waals surface area contributed by atoms with E-state index in [9.17, 15) is 9.59 Å². The summed E-state index contributed by atoms with van der Waals surface area (Å²) in [6, 6.07) is 20.8. The molecule has 0 saturated carbocycles. The topological polar surface area (TPSA) is 85.9 Å². The molecule has 3 aromatic rings. The summed E-state index contributed by atoms with van der Waals surface area (Å²) >= 11 is 0. The van der Waals surface area contributed by atoms with E-state index in [4.69, 9.17) is 4.74 Å². The van der Waals surface area contributed by atoms with E-state index < -0.39 is 0 Å². The first-order valence-corrected chi connectivity index (χ1v) is 12.3. The Morgan fingerprint density at radius 1 is 0.917 bits per heavy atom. The molecule has 0 bridgehead atoms. The molecule has 0 spiro atoms. The molecule has 0 unspecified atom stereocenters. The fourth-order valence-electron chi connectivity index (χ4n) is 4.73. The number of hydrogen-bond donors (Lipinski definition) is 3. The van der Waals surface area contributed by atoms with Crippen molar-refractivity contribution in [2.75, 3.05) is 61.9 Å². The number of piperazine rings is 1. The number of benzene rings is 3. The lowest BCUT2D eigenvalue weighted by molar-refractivity contribution is 0.0950. The summed E-state index contributed by atoms with van der Waals surface area (Å²) in [5.41, 5.74) is 4.34. The summed E-state index contributed by atoms with van der Waals surface area (Å²) in [6.07, 6.45) is 0.874. The van der Waals surface area contributed by atoms with Crippen LogP contribution in [0.5, 0.6) is 5.75 Å². The molecule has 0 atom stereocenters. The lowest BCUT2D eigenvalue weighted by atomic mass is 10.1. The number of fused-ring (bicyclic) bond motifs is 2. The molecule has 1 fully saturated rings. The van der Waals surface area contributed by atoms with Gasteiger partial charge in [0, 0.05) is 38.3 Å². The minimum atomic E-state index is -0.194. The number of carbonyl (C=O) groups excluding carboxylic acids is 2. The van der Waals surface area contributed by atoms with E-state index in [-0.39, 0.29) is 11.8 Å². The molecule has 8 heteroatoms. The third-order valence-corrected chi connectivity index (χ3v) is 6.71. The summed E-state index contributed by atoms with van der Waals surface area (Å²) in [5, 5.41) is 9.20. The highest BCUT2D eigenvalue weighted by atomic mass is 16.5. The van der Waals surface area contributed by atoms with Crippen LogP contribution in [-0.4, -0.2) is 63.1 Å². The maximum atomic E-state index is 12.8. The zero-order valence-electron chi connectivity index (χ0n) is 20.4. The standard InChI is InChI=1S/C28H31N5O3/c1-36-26-10-5-4-9-25(26)33-17-15-32(16-18-33)14-6-13-29-27(34)20-11-12-23-24(19-20)31-28(35)21-7-2-3-8-22(21)30-23/h2-5,7-12,19,30H,6,13-18H2,1H3,(H,29,34)(H,31,35). The van der Waals surface area contributed by atoms with Crippen LogP contribution in [0.2, 0.25) is 0 Å². The Bertz CT molecular complexity index is 1250. The van der Waals surface area contributed by atoms with Crippen molar-refractivity contribution in [1.82, 2.24) is 10.2 Å². The van der Waals surface area contributed by atoms with Gasteiger partial charge in [-0.2, -0.15) is 0 Å². The Hall–Kier alpha value is -4.04. The van der Waals surface area contributed by atoms with Gasteiger partial charge in [0.15, 0.2) is 0 Å². The van der Waals surface area contributed by atoms with Gasteiger partial charge in [0.1, 0.15) is 5.75 Å². The Morgan fingerprint density at radius 3 is 2.53 bits per heavy atom. The molecule has 5 rings (SSSR count). The Balaban J connectivity index is 1.09. The monoisotopic (exact) mass is 485 g/mol. The largest absolute Gasteiger partial charge is 0.495 e. The highest BCUT2D eigenvalue weighted by molar-refractivity contribution is 6.12. The quantitative estimate of drug-likeness (QED) is 0.440. The molecular formula is C28H31N5O3. The van der Waals surface area contributed by atoms with Crippen molar-refractivity contribution in [3.05, 3.63) is 77.9 Å². The Labute approximate surface area is 211 Å². The molecule has 0 radical (unpaired) electrons. The number of hydrogen-bond acceptors (Lipinski definition) is 6. The van der Waals surface area contributed by atoms with E-state index in [0.717, 1.165) is 62.0 Å².